The van der Waals surface area contributed by atoms with Crippen molar-refractivity contribution in [1.82, 2.24) is 30.2 Å². The number of fused-ring (bicyclic) bond motifs is 1. The second-order valence-electron chi connectivity index (χ2n) is 9.95. The maximum Gasteiger partial charge on any atom is 0.490 e. The Morgan fingerprint density at radius 2 is 1.84 bits per heavy atom. The van der Waals surface area contributed by atoms with E-state index in [1.807, 2.05) is 36.5 Å². The molecule has 0 spiro atoms. The number of carbonyl (C=O) groups is 1. The minimum atomic E-state index is -5.08. The van der Waals surface area contributed by atoms with Gasteiger partial charge in [-0.05, 0) is 36.1 Å². The summed E-state index contributed by atoms with van der Waals surface area (Å²) in [5.41, 5.74) is 11.0. The largest absolute Gasteiger partial charge is 0.490 e. The van der Waals surface area contributed by atoms with Crippen LogP contribution >= 0.6 is 0 Å². The van der Waals surface area contributed by atoms with E-state index in [0.717, 1.165) is 60.1 Å². The molecule has 43 heavy (non-hydrogen) atoms. The Labute approximate surface area is 243 Å². The molecule has 0 unspecified atom stereocenters. The van der Waals surface area contributed by atoms with Gasteiger partial charge in [-0.15, -0.1) is 0 Å². The number of carboxylic acids is 1. The lowest BCUT2D eigenvalue weighted by Crippen LogP contribution is -2.30. The first-order valence-corrected chi connectivity index (χ1v) is 13.7. The highest BCUT2D eigenvalue weighted by atomic mass is 19.4. The van der Waals surface area contributed by atoms with Crippen LogP contribution in [-0.4, -0.2) is 84.7 Å². The van der Waals surface area contributed by atoms with Gasteiger partial charge >= 0.3 is 12.1 Å². The lowest BCUT2D eigenvalue weighted by Gasteiger charge is -2.18. The van der Waals surface area contributed by atoms with Crippen LogP contribution in [0.25, 0.3) is 33.8 Å². The number of benzene rings is 1. The lowest BCUT2D eigenvalue weighted by molar-refractivity contribution is -0.192. The van der Waals surface area contributed by atoms with E-state index in [2.05, 4.69) is 25.5 Å². The second kappa shape index (κ2) is 14.3. The molecule has 3 aromatic heterocycles. The number of nitrogens with two attached hydrogens (primary N) is 1. The molecule has 0 aliphatic heterocycles. The number of halogens is 3. The number of anilines is 2. The quantitative estimate of drug-likeness (QED) is 0.137. The van der Waals surface area contributed by atoms with Gasteiger partial charge in [-0.1, -0.05) is 43.2 Å². The third-order valence-corrected chi connectivity index (χ3v) is 6.86. The number of carboxylic acid groups (broad SMARTS) is 1. The maximum atomic E-state index is 10.6. The molecular formula is C27H33F3N8O5. The molecule has 1 aliphatic carbocycles. The molecule has 1 aliphatic rings. The predicted octanol–water partition coefficient (Wildman–Crippen LogP) is 3.22. The van der Waals surface area contributed by atoms with Gasteiger partial charge in [0.1, 0.15) is 5.52 Å². The fourth-order valence-corrected chi connectivity index (χ4v) is 4.85. The van der Waals surface area contributed by atoms with Crippen molar-refractivity contribution >= 4 is 28.5 Å². The molecule has 16 heteroatoms. The monoisotopic (exact) mass is 606 g/mol. The van der Waals surface area contributed by atoms with E-state index >= 15 is 0 Å². The average molecular weight is 607 g/mol. The van der Waals surface area contributed by atoms with Gasteiger partial charge in [0.25, 0.3) is 0 Å². The molecule has 0 saturated heterocycles. The van der Waals surface area contributed by atoms with Crippen LogP contribution < -0.4 is 16.4 Å². The molecule has 232 valence electrons. The molecule has 5 rings (SSSR count). The van der Waals surface area contributed by atoms with Crippen LogP contribution in [0.4, 0.5) is 24.7 Å². The standard InChI is InChI=1S/C25H32N8O3.C2HF3O2/c26-24-22(31-36-32-24)25-30-21-20(16-7-2-1-3-8-16)29-14-19(23(21)33(25)17-9-4-5-10-17)28-12-6-11-27-13-18(35)15-34;3-2(4,5)1(6)7/h1-3,7-8,14,17-18,27-28,34-35H,4-6,9-13,15H2,(H2,26,32);(H,6,7)/t18-;/m0./s1. The highest BCUT2D eigenvalue weighted by molar-refractivity contribution is 5.99. The molecule has 3 heterocycles. The molecule has 0 bridgehead atoms. The first-order chi connectivity index (χ1) is 20.6. The topological polar surface area (TPSA) is 197 Å². The van der Waals surface area contributed by atoms with Gasteiger partial charge in [0.2, 0.25) is 0 Å². The number of hydrogen-bond donors (Lipinski definition) is 6. The van der Waals surface area contributed by atoms with E-state index in [0.29, 0.717) is 31.2 Å². The minimum absolute atomic E-state index is 0.212. The van der Waals surface area contributed by atoms with Gasteiger partial charge in [0.05, 0.1) is 35.8 Å². The normalized spacial score (nSPS) is 14.4. The fourth-order valence-electron chi connectivity index (χ4n) is 4.85. The molecule has 1 atom stereocenters. The number of nitrogens with zero attached hydrogens (tertiary/aromatic N) is 5. The van der Waals surface area contributed by atoms with Crippen molar-refractivity contribution in [2.24, 2.45) is 0 Å². The van der Waals surface area contributed by atoms with Gasteiger partial charge in [-0.25, -0.2) is 14.4 Å². The Balaban J connectivity index is 0.000000541. The SMILES string of the molecule is Nc1nonc1-c1nc2c(-c3ccccc3)ncc(NCCCNC[C@H](O)CO)c2n1C1CCCC1.O=C(O)C(F)(F)F. The number of hydrogen-bond acceptors (Lipinski definition) is 11. The summed E-state index contributed by atoms with van der Waals surface area (Å²) in [4.78, 5) is 18.7. The van der Waals surface area contributed by atoms with Crippen molar-refractivity contribution in [2.45, 2.75) is 50.4 Å². The van der Waals surface area contributed by atoms with Gasteiger partial charge in [-0.3, -0.25) is 4.98 Å². The van der Waals surface area contributed by atoms with Gasteiger partial charge in [0.15, 0.2) is 17.3 Å². The number of aromatic nitrogens is 5. The molecule has 1 aromatic carbocycles. The van der Waals surface area contributed by atoms with Gasteiger partial charge < -0.3 is 36.3 Å². The molecule has 0 amide bonds. The van der Waals surface area contributed by atoms with E-state index in [1.165, 1.54) is 0 Å². The van der Waals surface area contributed by atoms with Crippen molar-refractivity contribution in [3.63, 3.8) is 0 Å². The number of alkyl halides is 3. The summed E-state index contributed by atoms with van der Waals surface area (Å²) in [6, 6.07) is 10.3. The van der Waals surface area contributed by atoms with Crippen LogP contribution in [0, 0.1) is 0 Å². The van der Waals surface area contributed by atoms with Crippen LogP contribution in [0.1, 0.15) is 38.1 Å². The Morgan fingerprint density at radius 3 is 2.44 bits per heavy atom. The van der Waals surface area contributed by atoms with Crippen LogP contribution in [0.5, 0.6) is 0 Å². The van der Waals surface area contributed by atoms with E-state index < -0.39 is 18.2 Å². The Morgan fingerprint density at radius 1 is 1.14 bits per heavy atom. The van der Waals surface area contributed by atoms with Crippen molar-refractivity contribution in [3.05, 3.63) is 36.5 Å². The van der Waals surface area contributed by atoms with Gasteiger partial charge in [0, 0.05) is 24.7 Å². The molecule has 0 radical (unpaired) electrons. The molecule has 1 fully saturated rings. The molecule has 1 saturated carbocycles. The molecule has 7 N–H and O–H groups in total. The van der Waals surface area contributed by atoms with Gasteiger partial charge in [-0.2, -0.15) is 13.2 Å². The van der Waals surface area contributed by atoms with Crippen molar-refractivity contribution in [1.29, 1.82) is 0 Å². The third kappa shape index (κ3) is 7.77. The summed E-state index contributed by atoms with van der Waals surface area (Å²) in [6.45, 7) is 1.51. The highest BCUT2D eigenvalue weighted by Gasteiger charge is 2.38. The number of aliphatic hydroxyl groups excluding tert-OH is 2. The maximum absolute atomic E-state index is 10.6. The van der Waals surface area contributed by atoms with Crippen LogP contribution in [0.2, 0.25) is 0 Å². The smallest absolute Gasteiger partial charge is 0.475 e. The number of aliphatic carboxylic acids is 1. The summed E-state index contributed by atoms with van der Waals surface area (Å²) in [5, 5.41) is 40.1. The average Bonchev–Trinajstić information content (AvgIpc) is 3.75. The number of nitrogens with one attached hydrogen (secondary N) is 2. The zero-order chi connectivity index (χ0) is 31.0. The Bertz CT molecular complexity index is 1490. The van der Waals surface area contributed by atoms with E-state index in [4.69, 9.17) is 35.3 Å². The number of pyridine rings is 1. The van der Waals surface area contributed by atoms with Crippen molar-refractivity contribution in [2.75, 3.05) is 37.3 Å². The predicted molar refractivity (Wildman–Crippen MR) is 151 cm³/mol. The summed E-state index contributed by atoms with van der Waals surface area (Å²) >= 11 is 0. The molecular weight excluding hydrogens is 573 g/mol. The van der Waals surface area contributed by atoms with Crippen molar-refractivity contribution < 1.29 is 37.9 Å². The van der Waals surface area contributed by atoms with Crippen LogP contribution in [0.15, 0.2) is 41.2 Å². The summed E-state index contributed by atoms with van der Waals surface area (Å²) < 4.78 is 38.9. The minimum Gasteiger partial charge on any atom is -0.475 e. The van der Waals surface area contributed by atoms with E-state index in [1.54, 1.807) is 0 Å². The Kier molecular flexibility index (Phi) is 10.5. The summed E-state index contributed by atoms with van der Waals surface area (Å²) in [7, 11) is 0. The number of rotatable bonds is 11. The number of imidazole rings is 1. The zero-order valence-electron chi connectivity index (χ0n) is 23.1. The second-order valence-corrected chi connectivity index (χ2v) is 9.95. The van der Waals surface area contributed by atoms with Crippen LogP contribution in [-0.2, 0) is 4.79 Å². The molecule has 13 nitrogen and oxygen atoms in total. The number of nitrogen functional groups attached to an aromatic ring is 1. The lowest BCUT2D eigenvalue weighted by atomic mass is 10.1. The first-order valence-electron chi connectivity index (χ1n) is 13.7. The first kappa shape index (κ1) is 31.7. The number of aliphatic hydroxyl groups is 2. The van der Waals surface area contributed by atoms with Crippen LogP contribution in [0.3, 0.4) is 0 Å². The molecule has 4 aromatic rings. The van der Waals surface area contributed by atoms with E-state index in [9.17, 15) is 18.3 Å². The Hall–Kier alpha value is -4.28. The van der Waals surface area contributed by atoms with Crippen molar-refractivity contribution in [3.8, 4) is 22.8 Å². The summed E-state index contributed by atoms with van der Waals surface area (Å²) in [6.07, 6.45) is 1.26. The fraction of sp³-hybridized carbons (Fsp3) is 0.444. The zero-order valence-corrected chi connectivity index (χ0v) is 23.1. The highest BCUT2D eigenvalue weighted by Crippen LogP contribution is 2.41. The summed E-state index contributed by atoms with van der Waals surface area (Å²) in [5.74, 6) is -1.90. The third-order valence-electron chi connectivity index (χ3n) is 6.86. The van der Waals surface area contributed by atoms with E-state index in [-0.39, 0.29) is 18.5 Å².